The van der Waals surface area contributed by atoms with E-state index in [1.54, 1.807) is 17.2 Å². The Hall–Kier alpha value is -2.48. The SMILES string of the molecule is O=C(NCCc1nnc(-c2ccccn2)o1)N1CCOCC1. The van der Waals surface area contributed by atoms with Gasteiger partial charge in [0.25, 0.3) is 5.89 Å². The number of carbonyl (C=O) groups excluding carboxylic acids is 1. The molecule has 0 aliphatic carbocycles. The van der Waals surface area contributed by atoms with Gasteiger partial charge >= 0.3 is 6.03 Å². The predicted molar refractivity (Wildman–Crippen MR) is 77.0 cm³/mol. The van der Waals surface area contributed by atoms with Crippen molar-refractivity contribution in [1.29, 1.82) is 0 Å². The number of aromatic nitrogens is 3. The van der Waals surface area contributed by atoms with Gasteiger partial charge in [0.2, 0.25) is 5.89 Å². The van der Waals surface area contributed by atoms with E-state index in [2.05, 4.69) is 20.5 Å². The summed E-state index contributed by atoms with van der Waals surface area (Å²) >= 11 is 0. The van der Waals surface area contributed by atoms with E-state index in [1.165, 1.54) is 0 Å². The number of nitrogens with zero attached hydrogens (tertiary/aromatic N) is 4. The number of hydrogen-bond donors (Lipinski definition) is 1. The summed E-state index contributed by atoms with van der Waals surface area (Å²) < 4.78 is 10.7. The second-order valence-electron chi connectivity index (χ2n) is 4.80. The van der Waals surface area contributed by atoms with Gasteiger partial charge in [0.05, 0.1) is 13.2 Å². The Morgan fingerprint density at radius 3 is 2.91 bits per heavy atom. The number of carbonyl (C=O) groups is 1. The van der Waals surface area contributed by atoms with E-state index in [9.17, 15) is 4.79 Å². The van der Waals surface area contributed by atoms with Crippen molar-refractivity contribution in [3.8, 4) is 11.6 Å². The van der Waals surface area contributed by atoms with Crippen molar-refractivity contribution in [3.63, 3.8) is 0 Å². The number of morpholine rings is 1. The molecule has 0 saturated carbocycles. The molecular formula is C14H17N5O3. The molecule has 1 fully saturated rings. The van der Waals surface area contributed by atoms with Crippen LogP contribution in [0.25, 0.3) is 11.6 Å². The lowest BCUT2D eigenvalue weighted by Crippen LogP contribution is -2.46. The van der Waals surface area contributed by atoms with Gasteiger partial charge in [-0.15, -0.1) is 10.2 Å². The van der Waals surface area contributed by atoms with E-state index in [0.29, 0.717) is 56.7 Å². The van der Waals surface area contributed by atoms with Crippen molar-refractivity contribution in [2.24, 2.45) is 0 Å². The maximum Gasteiger partial charge on any atom is 0.317 e. The van der Waals surface area contributed by atoms with Gasteiger partial charge in [-0.2, -0.15) is 0 Å². The van der Waals surface area contributed by atoms with Crippen LogP contribution in [0.3, 0.4) is 0 Å². The monoisotopic (exact) mass is 303 g/mol. The Morgan fingerprint density at radius 2 is 2.14 bits per heavy atom. The first-order chi connectivity index (χ1) is 10.8. The molecule has 1 N–H and O–H groups in total. The lowest BCUT2D eigenvalue weighted by molar-refractivity contribution is 0.0532. The van der Waals surface area contributed by atoms with Crippen molar-refractivity contribution in [3.05, 3.63) is 30.3 Å². The van der Waals surface area contributed by atoms with E-state index < -0.39 is 0 Å². The van der Waals surface area contributed by atoms with Crippen LogP contribution in [0.4, 0.5) is 4.79 Å². The number of ether oxygens (including phenoxy) is 1. The van der Waals surface area contributed by atoms with Crippen LogP contribution >= 0.6 is 0 Å². The molecule has 3 heterocycles. The molecule has 0 aromatic carbocycles. The van der Waals surface area contributed by atoms with Crippen LogP contribution in [0.5, 0.6) is 0 Å². The fourth-order valence-electron chi connectivity index (χ4n) is 2.10. The van der Waals surface area contributed by atoms with Crippen LogP contribution in [-0.2, 0) is 11.2 Å². The second-order valence-corrected chi connectivity index (χ2v) is 4.80. The Bertz CT molecular complexity index is 610. The number of pyridine rings is 1. The summed E-state index contributed by atoms with van der Waals surface area (Å²) in [4.78, 5) is 17.8. The van der Waals surface area contributed by atoms with E-state index in [-0.39, 0.29) is 6.03 Å². The minimum Gasteiger partial charge on any atom is -0.419 e. The fraction of sp³-hybridized carbons (Fsp3) is 0.429. The van der Waals surface area contributed by atoms with Crippen LogP contribution < -0.4 is 5.32 Å². The second kappa shape index (κ2) is 6.99. The molecule has 3 rings (SSSR count). The molecule has 0 unspecified atom stereocenters. The number of amides is 2. The number of hydrogen-bond acceptors (Lipinski definition) is 6. The van der Waals surface area contributed by atoms with Gasteiger partial charge in [-0.3, -0.25) is 4.98 Å². The zero-order valence-electron chi connectivity index (χ0n) is 12.1. The van der Waals surface area contributed by atoms with Crippen LogP contribution in [0, 0.1) is 0 Å². The van der Waals surface area contributed by atoms with Gasteiger partial charge in [0.15, 0.2) is 0 Å². The zero-order chi connectivity index (χ0) is 15.2. The molecule has 22 heavy (non-hydrogen) atoms. The van der Waals surface area contributed by atoms with Gasteiger partial charge in [0, 0.05) is 32.3 Å². The van der Waals surface area contributed by atoms with Crippen molar-refractivity contribution in [2.45, 2.75) is 6.42 Å². The average Bonchev–Trinajstić information content (AvgIpc) is 3.05. The van der Waals surface area contributed by atoms with Crippen molar-refractivity contribution >= 4 is 6.03 Å². The zero-order valence-corrected chi connectivity index (χ0v) is 12.1. The maximum absolute atomic E-state index is 11.9. The molecule has 8 nitrogen and oxygen atoms in total. The van der Waals surface area contributed by atoms with Crippen LogP contribution in [-0.4, -0.2) is 59.0 Å². The molecule has 0 spiro atoms. The molecule has 1 saturated heterocycles. The summed E-state index contributed by atoms with van der Waals surface area (Å²) in [6, 6.07) is 5.39. The normalized spacial score (nSPS) is 14.8. The van der Waals surface area contributed by atoms with Crippen molar-refractivity contribution in [1.82, 2.24) is 25.4 Å². The highest BCUT2D eigenvalue weighted by Gasteiger charge is 2.16. The van der Waals surface area contributed by atoms with Crippen LogP contribution in [0.1, 0.15) is 5.89 Å². The minimum atomic E-state index is -0.0900. The first-order valence-corrected chi connectivity index (χ1v) is 7.17. The third-order valence-electron chi connectivity index (χ3n) is 3.26. The van der Waals surface area contributed by atoms with Gasteiger partial charge in [-0.1, -0.05) is 6.07 Å². The molecular weight excluding hydrogens is 286 g/mol. The summed E-state index contributed by atoms with van der Waals surface area (Å²) in [5.74, 6) is 0.859. The minimum absolute atomic E-state index is 0.0900. The average molecular weight is 303 g/mol. The quantitative estimate of drug-likeness (QED) is 0.894. The molecule has 1 aliphatic rings. The third-order valence-corrected chi connectivity index (χ3v) is 3.26. The number of rotatable bonds is 4. The molecule has 0 radical (unpaired) electrons. The summed E-state index contributed by atoms with van der Waals surface area (Å²) in [5.41, 5.74) is 0.638. The fourth-order valence-corrected chi connectivity index (χ4v) is 2.10. The predicted octanol–water partition coefficient (Wildman–Crippen LogP) is 0.716. The Kier molecular flexibility index (Phi) is 4.59. The van der Waals surface area contributed by atoms with E-state index >= 15 is 0 Å². The van der Waals surface area contributed by atoms with E-state index in [0.717, 1.165) is 0 Å². The summed E-state index contributed by atoms with van der Waals surface area (Å²) in [6.07, 6.45) is 2.15. The Labute approximate surface area is 127 Å². The maximum atomic E-state index is 11.9. The first kappa shape index (κ1) is 14.5. The van der Waals surface area contributed by atoms with Gasteiger partial charge in [0.1, 0.15) is 5.69 Å². The largest absolute Gasteiger partial charge is 0.419 e. The number of nitrogens with one attached hydrogen (secondary N) is 1. The van der Waals surface area contributed by atoms with Crippen LogP contribution in [0.2, 0.25) is 0 Å². The van der Waals surface area contributed by atoms with Gasteiger partial charge < -0.3 is 19.4 Å². The summed E-state index contributed by atoms with van der Waals surface area (Å²) in [5, 5.41) is 10.8. The third kappa shape index (κ3) is 3.59. The molecule has 2 aromatic heterocycles. The van der Waals surface area contributed by atoms with Gasteiger partial charge in [-0.05, 0) is 12.1 Å². The first-order valence-electron chi connectivity index (χ1n) is 7.17. The Morgan fingerprint density at radius 1 is 1.27 bits per heavy atom. The summed E-state index contributed by atoms with van der Waals surface area (Å²) in [6.45, 7) is 2.86. The molecule has 2 aromatic rings. The highest BCUT2D eigenvalue weighted by molar-refractivity contribution is 5.74. The van der Waals surface area contributed by atoms with E-state index in [1.807, 2.05) is 12.1 Å². The van der Waals surface area contributed by atoms with Gasteiger partial charge in [-0.25, -0.2) is 4.79 Å². The molecule has 8 heteroatoms. The molecule has 0 atom stereocenters. The molecule has 0 bridgehead atoms. The molecule has 116 valence electrons. The van der Waals surface area contributed by atoms with Crippen LogP contribution in [0.15, 0.2) is 28.8 Å². The smallest absolute Gasteiger partial charge is 0.317 e. The molecule has 1 aliphatic heterocycles. The highest BCUT2D eigenvalue weighted by Crippen LogP contribution is 2.14. The lowest BCUT2D eigenvalue weighted by atomic mass is 10.3. The van der Waals surface area contributed by atoms with Crippen molar-refractivity contribution in [2.75, 3.05) is 32.8 Å². The highest BCUT2D eigenvalue weighted by atomic mass is 16.5. The standard InChI is InChI=1S/C14H17N5O3/c20-14(19-7-9-21-10-8-19)16-6-4-12-17-18-13(22-12)11-3-1-2-5-15-11/h1-3,5H,4,6-10H2,(H,16,20). The van der Waals surface area contributed by atoms with Crippen molar-refractivity contribution < 1.29 is 13.9 Å². The topological polar surface area (TPSA) is 93.4 Å². The lowest BCUT2D eigenvalue weighted by Gasteiger charge is -2.26. The number of urea groups is 1. The molecule has 2 amide bonds. The summed E-state index contributed by atoms with van der Waals surface area (Å²) in [7, 11) is 0. The Balaban J connectivity index is 1.48. The van der Waals surface area contributed by atoms with E-state index in [4.69, 9.17) is 9.15 Å².